The Morgan fingerprint density at radius 3 is 2.16 bits per heavy atom. The molecule has 0 saturated carbocycles. The fourth-order valence-electron chi connectivity index (χ4n) is 3.04. The van der Waals surface area contributed by atoms with Gasteiger partial charge in [-0.15, -0.1) is 0 Å². The highest BCUT2D eigenvalue weighted by Crippen LogP contribution is 2.28. The van der Waals surface area contributed by atoms with E-state index >= 15 is 0 Å². The summed E-state index contributed by atoms with van der Waals surface area (Å²) in [6.45, 7) is 1.80. The van der Waals surface area contributed by atoms with Crippen LogP contribution >= 0.6 is 0 Å². The topological polar surface area (TPSA) is 85.6 Å². The Kier molecular flexibility index (Phi) is 7.60. The van der Waals surface area contributed by atoms with Crippen LogP contribution in [0.2, 0.25) is 0 Å². The summed E-state index contributed by atoms with van der Waals surface area (Å²) >= 11 is 0. The molecular weight excluding hydrogens is 406 g/mol. The monoisotopic (exact) mass is 429 g/mol. The molecule has 3 aromatic rings. The Labute approximate surface area is 187 Å². The molecule has 0 aliphatic rings. The van der Waals surface area contributed by atoms with Gasteiger partial charge in [0.15, 0.2) is 17.3 Å². The summed E-state index contributed by atoms with van der Waals surface area (Å²) in [7, 11) is 1.51. The van der Waals surface area contributed by atoms with E-state index in [1.165, 1.54) is 14.0 Å². The van der Waals surface area contributed by atoms with Crippen LogP contribution in [0.5, 0.6) is 17.2 Å². The van der Waals surface area contributed by atoms with Gasteiger partial charge in [-0.3, -0.25) is 9.59 Å². The Morgan fingerprint density at radius 2 is 1.56 bits per heavy atom. The number of rotatable bonds is 9. The van der Waals surface area contributed by atoms with E-state index in [-0.39, 0.29) is 18.2 Å². The second-order valence-corrected chi connectivity index (χ2v) is 7.06. The van der Waals surface area contributed by atoms with Crippen molar-refractivity contribution >= 4 is 11.8 Å². The van der Waals surface area contributed by atoms with Gasteiger partial charge in [-0.1, -0.05) is 24.3 Å². The van der Waals surface area contributed by atoms with Crippen LogP contribution < -0.4 is 14.2 Å². The summed E-state index contributed by atoms with van der Waals surface area (Å²) in [5.41, 5.74) is 3.09. The lowest BCUT2D eigenvalue weighted by Gasteiger charge is -2.11. The van der Waals surface area contributed by atoms with Crippen LogP contribution in [0.1, 0.15) is 35.7 Å². The zero-order chi connectivity index (χ0) is 22.9. The molecule has 0 aliphatic heterocycles. The summed E-state index contributed by atoms with van der Waals surface area (Å²) in [5, 5.41) is 8.88. The maximum atomic E-state index is 12.1. The van der Waals surface area contributed by atoms with Crippen LogP contribution in [-0.4, -0.2) is 25.5 Å². The SMILES string of the molecule is COc1cc(C(C)=O)ccc1OCCCC(=O)Oc1ccc(-c2ccc(C#N)cc2)cc1. The van der Waals surface area contributed by atoms with Gasteiger partial charge in [0.05, 0.1) is 25.3 Å². The average Bonchev–Trinajstić information content (AvgIpc) is 2.82. The quantitative estimate of drug-likeness (QED) is 0.201. The molecule has 0 aliphatic carbocycles. The third-order valence-corrected chi connectivity index (χ3v) is 4.79. The van der Waals surface area contributed by atoms with Crippen LogP contribution in [-0.2, 0) is 4.79 Å². The van der Waals surface area contributed by atoms with E-state index in [2.05, 4.69) is 6.07 Å². The van der Waals surface area contributed by atoms with Crippen molar-refractivity contribution in [3.05, 3.63) is 77.9 Å². The number of carbonyl (C=O) groups is 2. The van der Waals surface area contributed by atoms with E-state index < -0.39 is 0 Å². The first kappa shape index (κ1) is 22.6. The molecule has 0 aromatic heterocycles. The molecule has 6 nitrogen and oxygen atoms in total. The highest BCUT2D eigenvalue weighted by Gasteiger charge is 2.10. The van der Waals surface area contributed by atoms with Crippen LogP contribution in [0.3, 0.4) is 0 Å². The van der Waals surface area contributed by atoms with Crippen molar-refractivity contribution in [2.75, 3.05) is 13.7 Å². The minimum absolute atomic E-state index is 0.0532. The summed E-state index contributed by atoms with van der Waals surface area (Å²) in [6.07, 6.45) is 0.672. The molecule has 0 atom stereocenters. The molecule has 0 radical (unpaired) electrons. The van der Waals surface area contributed by atoms with Crippen LogP contribution in [0.25, 0.3) is 11.1 Å². The molecule has 3 rings (SSSR count). The highest BCUT2D eigenvalue weighted by molar-refractivity contribution is 5.94. The third kappa shape index (κ3) is 5.96. The normalized spacial score (nSPS) is 10.2. The van der Waals surface area contributed by atoms with Crippen molar-refractivity contribution in [2.24, 2.45) is 0 Å². The lowest BCUT2D eigenvalue weighted by Crippen LogP contribution is -2.10. The Hall–Kier alpha value is -4.11. The predicted molar refractivity (Wildman–Crippen MR) is 120 cm³/mol. The minimum atomic E-state index is -0.349. The number of hydrogen-bond donors (Lipinski definition) is 0. The van der Waals surface area contributed by atoms with Crippen molar-refractivity contribution in [3.63, 3.8) is 0 Å². The molecule has 0 N–H and O–H groups in total. The first-order valence-corrected chi connectivity index (χ1v) is 10.1. The molecule has 162 valence electrons. The lowest BCUT2D eigenvalue weighted by atomic mass is 10.0. The number of Topliss-reactive ketones (excluding diaryl/α,β-unsaturated/α-hetero) is 1. The Bertz CT molecular complexity index is 1130. The van der Waals surface area contributed by atoms with Crippen LogP contribution in [0, 0.1) is 11.3 Å². The van der Waals surface area contributed by atoms with E-state index in [4.69, 9.17) is 19.5 Å². The molecular formula is C26H23NO5. The number of nitrogens with zero attached hydrogens (tertiary/aromatic N) is 1. The Morgan fingerprint density at radius 1 is 0.906 bits per heavy atom. The fraction of sp³-hybridized carbons (Fsp3) is 0.192. The average molecular weight is 429 g/mol. The van der Waals surface area contributed by atoms with Gasteiger partial charge in [-0.2, -0.15) is 5.26 Å². The number of carbonyl (C=O) groups excluding carboxylic acids is 2. The van der Waals surface area contributed by atoms with Gasteiger partial charge in [-0.05, 0) is 66.9 Å². The number of nitriles is 1. The Balaban J connectivity index is 1.47. The van der Waals surface area contributed by atoms with E-state index in [9.17, 15) is 9.59 Å². The summed E-state index contributed by atoms with van der Waals surface area (Å²) in [4.78, 5) is 23.6. The van der Waals surface area contributed by atoms with E-state index in [0.29, 0.717) is 41.4 Å². The predicted octanol–water partition coefficient (Wildman–Crippen LogP) is 5.20. The molecule has 0 saturated heterocycles. The highest BCUT2D eigenvalue weighted by atomic mass is 16.5. The second-order valence-electron chi connectivity index (χ2n) is 7.06. The number of ketones is 1. The number of benzene rings is 3. The maximum Gasteiger partial charge on any atom is 0.311 e. The van der Waals surface area contributed by atoms with Crippen molar-refractivity contribution in [3.8, 4) is 34.4 Å². The van der Waals surface area contributed by atoms with Gasteiger partial charge in [0, 0.05) is 12.0 Å². The van der Waals surface area contributed by atoms with Gasteiger partial charge in [0.25, 0.3) is 0 Å². The van der Waals surface area contributed by atoms with Crippen LogP contribution in [0.15, 0.2) is 66.7 Å². The van der Waals surface area contributed by atoms with Gasteiger partial charge in [0.1, 0.15) is 5.75 Å². The fourth-order valence-corrected chi connectivity index (χ4v) is 3.04. The second kappa shape index (κ2) is 10.8. The summed E-state index contributed by atoms with van der Waals surface area (Å²) < 4.78 is 16.3. The smallest absolute Gasteiger partial charge is 0.311 e. The lowest BCUT2D eigenvalue weighted by molar-refractivity contribution is -0.134. The molecule has 0 amide bonds. The van der Waals surface area contributed by atoms with Gasteiger partial charge >= 0.3 is 5.97 Å². The standard InChI is InChI=1S/C26H23NO5/c1-18(28)22-11-14-24(25(16-22)30-2)31-15-3-4-26(29)32-23-12-9-21(10-13-23)20-7-5-19(17-27)6-8-20/h5-14,16H,3-4,15H2,1-2H3. The number of methoxy groups -OCH3 is 1. The molecule has 0 bridgehead atoms. The molecule has 0 spiro atoms. The largest absolute Gasteiger partial charge is 0.493 e. The summed E-state index contributed by atoms with van der Waals surface area (Å²) in [6, 6.07) is 21.6. The zero-order valence-electron chi connectivity index (χ0n) is 18.0. The van der Waals surface area contributed by atoms with Gasteiger partial charge in [0.2, 0.25) is 0 Å². The van der Waals surface area contributed by atoms with Crippen molar-refractivity contribution in [1.82, 2.24) is 0 Å². The molecule has 0 fully saturated rings. The first-order chi connectivity index (χ1) is 15.5. The van der Waals surface area contributed by atoms with E-state index in [1.807, 2.05) is 24.3 Å². The number of hydrogen-bond acceptors (Lipinski definition) is 6. The molecule has 32 heavy (non-hydrogen) atoms. The molecule has 0 unspecified atom stereocenters. The maximum absolute atomic E-state index is 12.1. The van der Waals surface area contributed by atoms with E-state index in [1.54, 1.807) is 42.5 Å². The van der Waals surface area contributed by atoms with Gasteiger partial charge < -0.3 is 14.2 Å². The van der Waals surface area contributed by atoms with Crippen molar-refractivity contribution in [1.29, 1.82) is 5.26 Å². The first-order valence-electron chi connectivity index (χ1n) is 10.1. The summed E-state index contributed by atoms with van der Waals surface area (Å²) in [5.74, 6) is 1.06. The van der Waals surface area contributed by atoms with Crippen molar-refractivity contribution in [2.45, 2.75) is 19.8 Å². The third-order valence-electron chi connectivity index (χ3n) is 4.79. The van der Waals surface area contributed by atoms with Gasteiger partial charge in [-0.25, -0.2) is 0 Å². The minimum Gasteiger partial charge on any atom is -0.493 e. The van der Waals surface area contributed by atoms with E-state index in [0.717, 1.165) is 11.1 Å². The molecule has 3 aromatic carbocycles. The van der Waals surface area contributed by atoms with Crippen molar-refractivity contribution < 1.29 is 23.8 Å². The zero-order valence-corrected chi connectivity index (χ0v) is 18.0. The number of esters is 1. The molecule has 0 heterocycles. The van der Waals surface area contributed by atoms with Crippen LogP contribution in [0.4, 0.5) is 0 Å². The number of ether oxygens (including phenoxy) is 3. The molecule has 6 heteroatoms.